The zero-order chi connectivity index (χ0) is 11.8. The molecule has 0 amide bonds. The van der Waals surface area contributed by atoms with E-state index in [2.05, 4.69) is 29.3 Å². The average molecular weight is 234 g/mol. The number of likely N-dealkylation sites (tertiary alicyclic amines) is 1. The van der Waals surface area contributed by atoms with Crippen molar-refractivity contribution in [2.45, 2.75) is 38.8 Å². The molecule has 1 unspecified atom stereocenters. The van der Waals surface area contributed by atoms with Crippen molar-refractivity contribution in [1.29, 1.82) is 0 Å². The van der Waals surface area contributed by atoms with E-state index < -0.39 is 0 Å². The largest absolute Gasteiger partial charge is 0.465 e. The van der Waals surface area contributed by atoms with Crippen molar-refractivity contribution in [1.82, 2.24) is 10.2 Å². The Morgan fingerprint density at radius 2 is 2.29 bits per heavy atom. The molecule has 2 aliphatic heterocycles. The molecular weight excluding hydrogens is 212 g/mol. The van der Waals surface area contributed by atoms with Crippen molar-refractivity contribution in [2.75, 3.05) is 19.6 Å². The fourth-order valence-electron chi connectivity index (χ4n) is 3.25. The molecule has 3 nitrogen and oxygen atoms in total. The maximum absolute atomic E-state index is 5.75. The van der Waals surface area contributed by atoms with Gasteiger partial charge in [0, 0.05) is 19.1 Å². The smallest absolute Gasteiger partial charge is 0.121 e. The summed E-state index contributed by atoms with van der Waals surface area (Å²) >= 11 is 0. The number of piperidine rings is 1. The summed E-state index contributed by atoms with van der Waals surface area (Å²) in [6, 6.07) is 5.31. The van der Waals surface area contributed by atoms with E-state index in [-0.39, 0.29) is 0 Å². The molecule has 0 saturated carbocycles. The lowest BCUT2D eigenvalue weighted by molar-refractivity contribution is 0.220. The van der Waals surface area contributed by atoms with Gasteiger partial charge >= 0.3 is 0 Å². The molecule has 17 heavy (non-hydrogen) atoms. The lowest BCUT2D eigenvalue weighted by Gasteiger charge is -2.24. The van der Waals surface area contributed by atoms with Gasteiger partial charge in [0.15, 0.2) is 0 Å². The summed E-state index contributed by atoms with van der Waals surface area (Å²) in [6.07, 6.45) is 2.72. The van der Waals surface area contributed by atoms with Crippen LogP contribution in [0, 0.1) is 12.8 Å². The van der Waals surface area contributed by atoms with E-state index in [1.807, 2.05) is 6.92 Å². The highest BCUT2D eigenvalue weighted by atomic mass is 16.3. The van der Waals surface area contributed by atoms with Gasteiger partial charge in [-0.25, -0.2) is 0 Å². The number of nitrogens with zero attached hydrogens (tertiary/aromatic N) is 1. The Labute approximate surface area is 103 Å². The SMILES string of the molecule is Cc1ccc(C(C)N2C[C@@H]3CCCN[C@@H]3C2)o1. The minimum atomic E-state index is 0.413. The van der Waals surface area contributed by atoms with Crippen LogP contribution in [0.5, 0.6) is 0 Å². The molecule has 1 aromatic rings. The van der Waals surface area contributed by atoms with E-state index in [9.17, 15) is 0 Å². The zero-order valence-electron chi connectivity index (χ0n) is 10.8. The predicted octanol–water partition coefficient (Wildman–Crippen LogP) is 2.33. The van der Waals surface area contributed by atoms with Gasteiger partial charge in [0.25, 0.3) is 0 Å². The number of rotatable bonds is 2. The van der Waals surface area contributed by atoms with Crippen LogP contribution in [0.2, 0.25) is 0 Å². The summed E-state index contributed by atoms with van der Waals surface area (Å²) < 4.78 is 5.75. The minimum Gasteiger partial charge on any atom is -0.465 e. The molecule has 0 bridgehead atoms. The molecule has 3 rings (SSSR count). The molecule has 0 aliphatic carbocycles. The second-order valence-electron chi connectivity index (χ2n) is 5.54. The van der Waals surface area contributed by atoms with Crippen LogP contribution in [0.15, 0.2) is 16.5 Å². The second kappa shape index (κ2) is 4.46. The normalized spacial score (nSPS) is 31.4. The standard InChI is InChI=1S/C14H22N2O/c1-10-5-6-14(17-10)11(2)16-8-12-4-3-7-15-13(12)9-16/h5-6,11-13,15H,3-4,7-9H2,1-2H3/t11?,12-,13+/m0/s1. The lowest BCUT2D eigenvalue weighted by atomic mass is 9.94. The van der Waals surface area contributed by atoms with E-state index in [0.29, 0.717) is 12.1 Å². The first-order chi connectivity index (χ1) is 8.24. The van der Waals surface area contributed by atoms with Crippen LogP contribution in [0.1, 0.15) is 37.3 Å². The maximum Gasteiger partial charge on any atom is 0.121 e. The Morgan fingerprint density at radius 1 is 1.41 bits per heavy atom. The van der Waals surface area contributed by atoms with Crippen molar-refractivity contribution in [2.24, 2.45) is 5.92 Å². The van der Waals surface area contributed by atoms with E-state index in [1.54, 1.807) is 0 Å². The molecule has 0 radical (unpaired) electrons. The number of hydrogen-bond donors (Lipinski definition) is 1. The summed E-state index contributed by atoms with van der Waals surface area (Å²) in [6.45, 7) is 7.87. The summed E-state index contributed by atoms with van der Waals surface area (Å²) in [5, 5.41) is 3.65. The van der Waals surface area contributed by atoms with Gasteiger partial charge in [0.1, 0.15) is 11.5 Å². The molecule has 3 heteroatoms. The first-order valence-electron chi connectivity index (χ1n) is 6.78. The molecule has 2 saturated heterocycles. The van der Waals surface area contributed by atoms with Crippen LogP contribution >= 0.6 is 0 Å². The average Bonchev–Trinajstić information content (AvgIpc) is 2.93. The van der Waals surface area contributed by atoms with Crippen molar-refractivity contribution >= 4 is 0 Å². The Kier molecular flexibility index (Phi) is 2.97. The number of aryl methyl sites for hydroxylation is 1. The third kappa shape index (κ3) is 2.14. The second-order valence-corrected chi connectivity index (χ2v) is 5.54. The summed E-state index contributed by atoms with van der Waals surface area (Å²) in [4.78, 5) is 2.56. The van der Waals surface area contributed by atoms with E-state index in [4.69, 9.17) is 4.42 Å². The van der Waals surface area contributed by atoms with Gasteiger partial charge in [-0.1, -0.05) is 0 Å². The molecule has 2 aliphatic rings. The van der Waals surface area contributed by atoms with Gasteiger partial charge < -0.3 is 9.73 Å². The van der Waals surface area contributed by atoms with E-state index >= 15 is 0 Å². The van der Waals surface area contributed by atoms with Gasteiger partial charge in [-0.05, 0) is 51.3 Å². The third-order valence-electron chi connectivity index (χ3n) is 4.35. The highest BCUT2D eigenvalue weighted by molar-refractivity contribution is 5.10. The van der Waals surface area contributed by atoms with Crippen LogP contribution in [0.4, 0.5) is 0 Å². The van der Waals surface area contributed by atoms with E-state index in [0.717, 1.165) is 17.4 Å². The maximum atomic E-state index is 5.75. The summed E-state index contributed by atoms with van der Waals surface area (Å²) in [7, 11) is 0. The Morgan fingerprint density at radius 3 is 3.00 bits per heavy atom. The van der Waals surface area contributed by atoms with Gasteiger partial charge in [-0.2, -0.15) is 0 Å². The van der Waals surface area contributed by atoms with Crippen molar-refractivity contribution in [3.05, 3.63) is 23.7 Å². The Hall–Kier alpha value is -0.800. The molecule has 1 aromatic heterocycles. The lowest BCUT2D eigenvalue weighted by Crippen LogP contribution is -2.40. The number of fused-ring (bicyclic) bond motifs is 1. The van der Waals surface area contributed by atoms with Crippen molar-refractivity contribution in [3.8, 4) is 0 Å². The van der Waals surface area contributed by atoms with Crippen molar-refractivity contribution in [3.63, 3.8) is 0 Å². The highest BCUT2D eigenvalue weighted by Gasteiger charge is 2.36. The molecule has 3 heterocycles. The summed E-state index contributed by atoms with van der Waals surface area (Å²) in [5.74, 6) is 2.98. The molecule has 2 fully saturated rings. The van der Waals surface area contributed by atoms with Gasteiger partial charge in [-0.3, -0.25) is 4.90 Å². The third-order valence-corrected chi connectivity index (χ3v) is 4.35. The molecule has 1 N–H and O–H groups in total. The molecule has 0 aromatic carbocycles. The number of furan rings is 1. The molecule has 94 valence electrons. The predicted molar refractivity (Wildman–Crippen MR) is 67.9 cm³/mol. The quantitative estimate of drug-likeness (QED) is 0.851. The zero-order valence-corrected chi connectivity index (χ0v) is 10.8. The van der Waals surface area contributed by atoms with Crippen LogP contribution < -0.4 is 5.32 Å². The van der Waals surface area contributed by atoms with Crippen LogP contribution in [-0.2, 0) is 0 Å². The van der Waals surface area contributed by atoms with Crippen molar-refractivity contribution < 1.29 is 4.42 Å². The first-order valence-corrected chi connectivity index (χ1v) is 6.78. The van der Waals surface area contributed by atoms with Gasteiger partial charge in [0.05, 0.1) is 6.04 Å². The van der Waals surface area contributed by atoms with Gasteiger partial charge in [0.2, 0.25) is 0 Å². The number of nitrogens with one attached hydrogen (secondary N) is 1. The fourth-order valence-corrected chi connectivity index (χ4v) is 3.25. The number of hydrogen-bond acceptors (Lipinski definition) is 3. The Balaban J connectivity index is 1.69. The fraction of sp³-hybridized carbons (Fsp3) is 0.714. The first kappa shape index (κ1) is 11.3. The summed E-state index contributed by atoms with van der Waals surface area (Å²) in [5.41, 5.74) is 0. The Bertz CT molecular complexity index is 373. The monoisotopic (exact) mass is 234 g/mol. The molecule has 3 atom stereocenters. The molecule has 0 spiro atoms. The molecular formula is C14H22N2O. The van der Waals surface area contributed by atoms with Crippen LogP contribution in [-0.4, -0.2) is 30.6 Å². The highest BCUT2D eigenvalue weighted by Crippen LogP contribution is 2.31. The van der Waals surface area contributed by atoms with Crippen LogP contribution in [0.25, 0.3) is 0 Å². The van der Waals surface area contributed by atoms with Gasteiger partial charge in [-0.15, -0.1) is 0 Å². The topological polar surface area (TPSA) is 28.4 Å². The minimum absolute atomic E-state index is 0.413. The van der Waals surface area contributed by atoms with Crippen LogP contribution in [0.3, 0.4) is 0 Å². The van der Waals surface area contributed by atoms with E-state index in [1.165, 1.54) is 32.5 Å².